The molecule has 0 radical (unpaired) electrons. The number of furan rings is 1. The number of benzene rings is 2. The van der Waals surface area contributed by atoms with E-state index in [9.17, 15) is 14.4 Å². The lowest BCUT2D eigenvalue weighted by Gasteiger charge is -2.19. The number of nitrogens with zero attached hydrogens (tertiary/aromatic N) is 1. The average Bonchev–Trinajstić information content (AvgIpc) is 3.24. The Kier molecular flexibility index (Phi) is 4.15. The first-order valence-corrected chi connectivity index (χ1v) is 8.73. The number of hydrogen-bond donors (Lipinski definition) is 1. The topological polar surface area (TPSA) is 88.8 Å². The molecule has 1 N–H and O–H groups in total. The Morgan fingerprint density at radius 1 is 1.14 bits per heavy atom. The van der Waals surface area contributed by atoms with E-state index in [0.717, 1.165) is 10.3 Å². The molecule has 0 saturated carbocycles. The minimum Gasteiger partial charge on any atom is -0.496 e. The van der Waals surface area contributed by atoms with Crippen molar-refractivity contribution in [3.05, 3.63) is 65.9 Å². The molecule has 1 aliphatic heterocycles. The van der Waals surface area contributed by atoms with Crippen LogP contribution >= 0.6 is 0 Å². The van der Waals surface area contributed by atoms with Crippen LogP contribution in [0.5, 0.6) is 5.75 Å². The molecule has 28 heavy (non-hydrogen) atoms. The van der Waals surface area contributed by atoms with Gasteiger partial charge >= 0.3 is 6.03 Å². The van der Waals surface area contributed by atoms with E-state index in [4.69, 9.17) is 9.15 Å². The van der Waals surface area contributed by atoms with Gasteiger partial charge < -0.3 is 14.5 Å². The molecule has 1 aliphatic rings. The van der Waals surface area contributed by atoms with Gasteiger partial charge in [-0.05, 0) is 31.2 Å². The molecule has 3 aromatic rings. The summed E-state index contributed by atoms with van der Waals surface area (Å²) >= 11 is 0. The van der Waals surface area contributed by atoms with Crippen molar-refractivity contribution < 1.29 is 23.5 Å². The second kappa shape index (κ2) is 6.53. The fraction of sp³-hybridized carbons (Fsp3) is 0.190. The van der Waals surface area contributed by atoms with E-state index in [1.54, 1.807) is 43.3 Å². The van der Waals surface area contributed by atoms with Crippen molar-refractivity contribution in [1.82, 2.24) is 10.2 Å². The van der Waals surface area contributed by atoms with Crippen LogP contribution in [0.3, 0.4) is 0 Å². The fourth-order valence-corrected chi connectivity index (χ4v) is 3.34. The predicted molar refractivity (Wildman–Crippen MR) is 101 cm³/mol. The number of ether oxygens (including phenoxy) is 1. The Morgan fingerprint density at radius 3 is 2.61 bits per heavy atom. The molecule has 4 rings (SSSR count). The smallest absolute Gasteiger partial charge is 0.325 e. The molecule has 7 nitrogen and oxygen atoms in total. The van der Waals surface area contributed by atoms with E-state index in [1.165, 1.54) is 7.11 Å². The van der Waals surface area contributed by atoms with E-state index in [2.05, 4.69) is 5.32 Å². The van der Waals surface area contributed by atoms with Crippen molar-refractivity contribution >= 4 is 28.7 Å². The first-order chi connectivity index (χ1) is 13.4. The number of urea groups is 1. The van der Waals surface area contributed by atoms with Gasteiger partial charge in [0.1, 0.15) is 17.1 Å². The maximum Gasteiger partial charge on any atom is 0.325 e. The lowest BCUT2D eigenvalue weighted by atomic mass is 9.98. The van der Waals surface area contributed by atoms with E-state index < -0.39 is 23.3 Å². The summed E-state index contributed by atoms with van der Waals surface area (Å²) in [5.41, 5.74) is -0.454. The number of rotatable bonds is 5. The van der Waals surface area contributed by atoms with Crippen LogP contribution in [-0.4, -0.2) is 36.3 Å². The summed E-state index contributed by atoms with van der Waals surface area (Å²) in [5, 5.41) is 3.48. The van der Waals surface area contributed by atoms with E-state index in [-0.39, 0.29) is 6.54 Å². The maximum atomic E-state index is 13.0. The first-order valence-electron chi connectivity index (χ1n) is 8.73. The second-order valence-corrected chi connectivity index (χ2v) is 6.72. The van der Waals surface area contributed by atoms with Crippen LogP contribution in [0.2, 0.25) is 0 Å². The normalized spacial score (nSPS) is 19.1. The third-order valence-electron chi connectivity index (χ3n) is 4.90. The number of hydrogen-bond acceptors (Lipinski definition) is 5. The molecule has 0 aliphatic carbocycles. The summed E-state index contributed by atoms with van der Waals surface area (Å²) in [7, 11) is 1.46. The van der Waals surface area contributed by atoms with Gasteiger partial charge in [0.05, 0.1) is 19.2 Å². The number of amides is 3. The Hall–Kier alpha value is -3.61. The Labute approximate surface area is 160 Å². The molecule has 1 fully saturated rings. The predicted octanol–water partition coefficient (Wildman–Crippen LogP) is 3.09. The highest BCUT2D eigenvalue weighted by Crippen LogP contribution is 2.33. The van der Waals surface area contributed by atoms with Crippen LogP contribution < -0.4 is 10.1 Å². The molecule has 0 bridgehead atoms. The standard InChI is InChI=1S/C21H18N2O5/c1-21(18-11-13-7-3-5-9-16(13)28-18)19(25)23(20(26)22-21)12-15(24)14-8-4-6-10-17(14)27-2/h3-11H,12H2,1-2H3,(H,22,26). The molecule has 0 spiro atoms. The van der Waals surface area contributed by atoms with Crippen LogP contribution in [0, 0.1) is 0 Å². The van der Waals surface area contributed by atoms with Crippen molar-refractivity contribution in [2.75, 3.05) is 13.7 Å². The molecule has 3 amide bonds. The van der Waals surface area contributed by atoms with Crippen molar-refractivity contribution in [3.8, 4) is 5.75 Å². The summed E-state index contributed by atoms with van der Waals surface area (Å²) in [6, 6.07) is 15.1. The Morgan fingerprint density at radius 2 is 1.86 bits per heavy atom. The van der Waals surface area contributed by atoms with Crippen LogP contribution in [0.25, 0.3) is 11.0 Å². The number of imide groups is 1. The van der Waals surface area contributed by atoms with Crippen LogP contribution in [0.15, 0.2) is 59.0 Å². The third kappa shape index (κ3) is 2.72. The molecule has 1 unspecified atom stereocenters. The maximum absolute atomic E-state index is 13.0. The summed E-state index contributed by atoms with van der Waals surface area (Å²) in [6.07, 6.45) is 0. The zero-order valence-corrected chi connectivity index (χ0v) is 15.4. The quantitative estimate of drug-likeness (QED) is 0.544. The largest absolute Gasteiger partial charge is 0.496 e. The van der Waals surface area contributed by atoms with Gasteiger partial charge in [0.25, 0.3) is 5.91 Å². The number of methoxy groups -OCH3 is 1. The average molecular weight is 378 g/mol. The van der Waals surface area contributed by atoms with Crippen LogP contribution in [0.1, 0.15) is 23.0 Å². The number of para-hydroxylation sites is 2. The highest BCUT2D eigenvalue weighted by atomic mass is 16.5. The zero-order valence-electron chi connectivity index (χ0n) is 15.4. The molecule has 2 aromatic carbocycles. The SMILES string of the molecule is COc1ccccc1C(=O)CN1C(=O)NC(C)(c2cc3ccccc3o2)C1=O. The highest BCUT2D eigenvalue weighted by molar-refractivity contribution is 6.11. The summed E-state index contributed by atoms with van der Waals surface area (Å²) in [4.78, 5) is 39.1. The molecule has 1 saturated heterocycles. The third-order valence-corrected chi connectivity index (χ3v) is 4.90. The van der Waals surface area contributed by atoms with Crippen molar-refractivity contribution in [1.29, 1.82) is 0 Å². The number of nitrogens with one attached hydrogen (secondary N) is 1. The van der Waals surface area contributed by atoms with Gasteiger partial charge in [-0.25, -0.2) is 4.79 Å². The minimum absolute atomic E-state index is 0.308. The van der Waals surface area contributed by atoms with E-state index in [0.29, 0.717) is 22.7 Å². The van der Waals surface area contributed by atoms with E-state index in [1.807, 2.05) is 18.2 Å². The zero-order chi connectivity index (χ0) is 19.9. The van der Waals surface area contributed by atoms with Crippen molar-refractivity contribution in [2.45, 2.75) is 12.5 Å². The number of Topliss-reactive ketones (excluding diaryl/α,β-unsaturated/α-hetero) is 1. The molecule has 2 heterocycles. The van der Waals surface area contributed by atoms with Crippen molar-refractivity contribution in [2.24, 2.45) is 0 Å². The van der Waals surface area contributed by atoms with Gasteiger partial charge in [-0.1, -0.05) is 30.3 Å². The monoisotopic (exact) mass is 378 g/mol. The highest BCUT2D eigenvalue weighted by Gasteiger charge is 2.51. The molecular formula is C21H18N2O5. The number of fused-ring (bicyclic) bond motifs is 1. The summed E-state index contributed by atoms with van der Waals surface area (Å²) in [6.45, 7) is 1.18. The molecule has 7 heteroatoms. The van der Waals surface area contributed by atoms with E-state index >= 15 is 0 Å². The fourth-order valence-electron chi connectivity index (χ4n) is 3.34. The van der Waals surface area contributed by atoms with Crippen molar-refractivity contribution in [3.63, 3.8) is 0 Å². The van der Waals surface area contributed by atoms with Gasteiger partial charge in [-0.2, -0.15) is 0 Å². The van der Waals surface area contributed by atoms with Gasteiger partial charge in [0.2, 0.25) is 0 Å². The van der Waals surface area contributed by atoms with Gasteiger partial charge in [0, 0.05) is 5.39 Å². The Balaban J connectivity index is 1.62. The minimum atomic E-state index is -1.38. The van der Waals surface area contributed by atoms with Gasteiger partial charge in [-0.3, -0.25) is 14.5 Å². The van der Waals surface area contributed by atoms with Crippen LogP contribution in [0.4, 0.5) is 4.79 Å². The Bertz CT molecular complexity index is 1070. The number of carbonyl (C=O) groups is 3. The molecular weight excluding hydrogens is 360 g/mol. The lowest BCUT2D eigenvalue weighted by Crippen LogP contribution is -2.41. The van der Waals surface area contributed by atoms with Gasteiger partial charge in [-0.15, -0.1) is 0 Å². The molecule has 142 valence electrons. The first kappa shape index (κ1) is 17.8. The number of carbonyl (C=O) groups excluding carboxylic acids is 3. The second-order valence-electron chi connectivity index (χ2n) is 6.72. The molecule has 1 atom stereocenters. The number of ketones is 1. The van der Waals surface area contributed by atoms with Crippen LogP contribution in [-0.2, 0) is 10.3 Å². The lowest BCUT2D eigenvalue weighted by molar-refractivity contribution is -0.131. The molecule has 1 aromatic heterocycles. The summed E-state index contributed by atoms with van der Waals surface area (Å²) < 4.78 is 11.0. The summed E-state index contributed by atoms with van der Waals surface area (Å²) in [5.74, 6) is -0.228. The van der Waals surface area contributed by atoms with Gasteiger partial charge in [0.15, 0.2) is 11.3 Å².